The van der Waals surface area contributed by atoms with E-state index in [1.165, 1.54) is 12.1 Å². The van der Waals surface area contributed by atoms with Crippen LogP contribution >= 0.6 is 12.4 Å². The highest BCUT2D eigenvalue weighted by atomic mass is 35.5. The molecular formula is C15H23ClN2O3S. The van der Waals surface area contributed by atoms with E-state index in [4.69, 9.17) is 5.73 Å². The van der Waals surface area contributed by atoms with Crippen LogP contribution in [0.15, 0.2) is 29.2 Å². The third-order valence-corrected chi connectivity index (χ3v) is 5.85. The van der Waals surface area contributed by atoms with Gasteiger partial charge in [-0.15, -0.1) is 12.4 Å². The second kappa shape index (κ2) is 7.44. The lowest BCUT2D eigenvalue weighted by molar-refractivity contribution is 0.0743. The molecule has 0 aliphatic carbocycles. The number of carbonyl (C=O) groups is 1. The predicted octanol–water partition coefficient (Wildman–Crippen LogP) is 1.71. The summed E-state index contributed by atoms with van der Waals surface area (Å²) in [6, 6.07) is 6.37. The molecule has 1 amide bonds. The Balaban J connectivity index is 0.00000242. The van der Waals surface area contributed by atoms with Crippen molar-refractivity contribution in [3.05, 3.63) is 29.8 Å². The molecule has 1 heterocycles. The zero-order valence-corrected chi connectivity index (χ0v) is 14.5. The minimum absolute atomic E-state index is 0. The molecule has 0 saturated carbocycles. The predicted molar refractivity (Wildman–Crippen MR) is 89.1 cm³/mol. The van der Waals surface area contributed by atoms with Gasteiger partial charge in [-0.3, -0.25) is 4.79 Å². The Morgan fingerprint density at radius 1 is 1.32 bits per heavy atom. The first-order valence-corrected chi connectivity index (χ1v) is 8.88. The number of amides is 1. The minimum Gasteiger partial charge on any atom is -0.336 e. The lowest BCUT2D eigenvalue weighted by atomic mass is 10.1. The number of carbonyl (C=O) groups excluding carboxylic acids is 1. The van der Waals surface area contributed by atoms with Crippen LogP contribution in [-0.2, 0) is 9.84 Å². The summed E-state index contributed by atoms with van der Waals surface area (Å²) in [5.74, 6) is 0.351. The topological polar surface area (TPSA) is 80.5 Å². The number of sulfone groups is 1. The fourth-order valence-electron chi connectivity index (χ4n) is 2.73. The van der Waals surface area contributed by atoms with Crippen molar-refractivity contribution in [2.24, 2.45) is 11.7 Å². The van der Waals surface area contributed by atoms with Crippen molar-refractivity contribution < 1.29 is 13.2 Å². The Morgan fingerprint density at radius 2 is 1.91 bits per heavy atom. The van der Waals surface area contributed by atoms with Gasteiger partial charge in [-0.05, 0) is 50.1 Å². The first-order valence-electron chi connectivity index (χ1n) is 7.23. The minimum atomic E-state index is -3.22. The lowest BCUT2D eigenvalue weighted by Gasteiger charge is -2.21. The molecule has 0 spiro atoms. The maximum Gasteiger partial charge on any atom is 0.254 e. The Bertz CT molecular complexity index is 616. The summed E-state index contributed by atoms with van der Waals surface area (Å²) in [4.78, 5) is 14.6. The molecule has 22 heavy (non-hydrogen) atoms. The number of rotatable bonds is 4. The molecule has 1 aromatic carbocycles. The molecular weight excluding hydrogens is 324 g/mol. The molecule has 5 nitrogen and oxygen atoms in total. The SMILES string of the molecule is CCS(=O)(=O)c1ccc(C(=O)N2CC(CN)CC2C)cc1.Cl. The highest BCUT2D eigenvalue weighted by Gasteiger charge is 2.32. The summed E-state index contributed by atoms with van der Waals surface area (Å²) in [7, 11) is -3.22. The highest BCUT2D eigenvalue weighted by molar-refractivity contribution is 7.91. The van der Waals surface area contributed by atoms with Gasteiger partial charge in [0.05, 0.1) is 10.6 Å². The van der Waals surface area contributed by atoms with Gasteiger partial charge in [0.1, 0.15) is 0 Å². The van der Waals surface area contributed by atoms with Gasteiger partial charge in [0, 0.05) is 18.2 Å². The smallest absolute Gasteiger partial charge is 0.254 e. The zero-order chi connectivity index (χ0) is 15.6. The molecule has 1 aliphatic rings. The normalized spacial score (nSPS) is 21.5. The first-order chi connectivity index (χ1) is 9.89. The summed E-state index contributed by atoms with van der Waals surface area (Å²) in [6.45, 7) is 4.88. The van der Waals surface area contributed by atoms with Gasteiger partial charge < -0.3 is 10.6 Å². The molecule has 0 radical (unpaired) electrons. The second-order valence-corrected chi connectivity index (χ2v) is 7.85. The third kappa shape index (κ3) is 3.80. The zero-order valence-electron chi connectivity index (χ0n) is 12.9. The van der Waals surface area contributed by atoms with Crippen molar-refractivity contribution in [2.45, 2.75) is 31.2 Å². The van der Waals surface area contributed by atoms with Gasteiger partial charge >= 0.3 is 0 Å². The molecule has 0 aromatic heterocycles. The number of nitrogens with two attached hydrogens (primary N) is 1. The summed E-state index contributed by atoms with van der Waals surface area (Å²) in [5.41, 5.74) is 6.20. The fraction of sp³-hybridized carbons (Fsp3) is 0.533. The van der Waals surface area contributed by atoms with E-state index >= 15 is 0 Å². The van der Waals surface area contributed by atoms with Crippen LogP contribution in [0.25, 0.3) is 0 Å². The molecule has 2 rings (SSSR count). The quantitative estimate of drug-likeness (QED) is 0.900. The third-order valence-electron chi connectivity index (χ3n) is 4.10. The highest BCUT2D eigenvalue weighted by Crippen LogP contribution is 2.24. The molecule has 0 bridgehead atoms. The van der Waals surface area contributed by atoms with Crippen LogP contribution in [0, 0.1) is 5.92 Å². The number of hydrogen-bond acceptors (Lipinski definition) is 4. The van der Waals surface area contributed by atoms with Crippen LogP contribution in [0.1, 0.15) is 30.6 Å². The van der Waals surface area contributed by atoms with E-state index in [0.717, 1.165) is 6.42 Å². The Hall–Kier alpha value is -1.11. The Kier molecular flexibility index (Phi) is 6.40. The largest absolute Gasteiger partial charge is 0.336 e. The maximum absolute atomic E-state index is 12.5. The summed E-state index contributed by atoms with van der Waals surface area (Å²) in [6.07, 6.45) is 0.921. The summed E-state index contributed by atoms with van der Waals surface area (Å²) < 4.78 is 23.5. The number of benzene rings is 1. The number of likely N-dealkylation sites (tertiary alicyclic amines) is 1. The lowest BCUT2D eigenvalue weighted by Crippen LogP contribution is -2.34. The Morgan fingerprint density at radius 3 is 2.36 bits per heavy atom. The monoisotopic (exact) mass is 346 g/mol. The van der Waals surface area contributed by atoms with E-state index in [0.29, 0.717) is 24.6 Å². The van der Waals surface area contributed by atoms with E-state index in [9.17, 15) is 13.2 Å². The number of nitrogens with zero attached hydrogens (tertiary/aromatic N) is 1. The van der Waals surface area contributed by atoms with Crippen molar-refractivity contribution >= 4 is 28.2 Å². The first kappa shape index (κ1) is 18.9. The number of halogens is 1. The van der Waals surface area contributed by atoms with Crippen LogP contribution in [-0.4, -0.2) is 44.1 Å². The van der Waals surface area contributed by atoms with E-state index in [-0.39, 0.29) is 35.0 Å². The van der Waals surface area contributed by atoms with Gasteiger partial charge in [-0.2, -0.15) is 0 Å². The van der Waals surface area contributed by atoms with Crippen molar-refractivity contribution in [1.82, 2.24) is 4.90 Å². The van der Waals surface area contributed by atoms with Crippen LogP contribution < -0.4 is 5.73 Å². The average molecular weight is 347 g/mol. The molecule has 1 fully saturated rings. The molecule has 124 valence electrons. The van der Waals surface area contributed by atoms with Crippen molar-refractivity contribution in [3.63, 3.8) is 0 Å². The molecule has 2 N–H and O–H groups in total. The average Bonchev–Trinajstić information content (AvgIpc) is 2.87. The number of hydrogen-bond donors (Lipinski definition) is 1. The van der Waals surface area contributed by atoms with Crippen LogP contribution in [0.2, 0.25) is 0 Å². The molecule has 7 heteroatoms. The van der Waals surface area contributed by atoms with E-state index < -0.39 is 9.84 Å². The summed E-state index contributed by atoms with van der Waals surface area (Å²) in [5, 5.41) is 0. The summed E-state index contributed by atoms with van der Waals surface area (Å²) >= 11 is 0. The molecule has 2 unspecified atom stereocenters. The Labute approximate surface area is 138 Å². The van der Waals surface area contributed by atoms with Crippen molar-refractivity contribution in [2.75, 3.05) is 18.8 Å². The van der Waals surface area contributed by atoms with Crippen molar-refractivity contribution in [3.8, 4) is 0 Å². The molecule has 1 aromatic rings. The molecule has 2 atom stereocenters. The van der Waals surface area contributed by atoms with Gasteiger partial charge in [-0.1, -0.05) is 6.92 Å². The van der Waals surface area contributed by atoms with Gasteiger partial charge in [0.2, 0.25) is 0 Å². The van der Waals surface area contributed by atoms with E-state index in [2.05, 4.69) is 0 Å². The van der Waals surface area contributed by atoms with Gasteiger partial charge in [-0.25, -0.2) is 8.42 Å². The molecule has 1 aliphatic heterocycles. The van der Waals surface area contributed by atoms with Gasteiger partial charge in [0.15, 0.2) is 9.84 Å². The fourth-order valence-corrected chi connectivity index (χ4v) is 3.62. The van der Waals surface area contributed by atoms with Crippen LogP contribution in [0.5, 0.6) is 0 Å². The van der Waals surface area contributed by atoms with E-state index in [1.807, 2.05) is 11.8 Å². The van der Waals surface area contributed by atoms with Crippen LogP contribution in [0.3, 0.4) is 0 Å². The second-order valence-electron chi connectivity index (χ2n) is 5.57. The van der Waals surface area contributed by atoms with Gasteiger partial charge in [0.25, 0.3) is 5.91 Å². The van der Waals surface area contributed by atoms with Crippen molar-refractivity contribution in [1.29, 1.82) is 0 Å². The standard InChI is InChI=1S/C15H22N2O3S.ClH/c1-3-21(19,20)14-6-4-13(5-7-14)15(18)17-10-12(9-16)8-11(17)2;/h4-7,11-12H,3,8-10,16H2,1-2H3;1H. The molecule has 1 saturated heterocycles. The van der Waals surface area contributed by atoms with E-state index in [1.54, 1.807) is 19.1 Å². The van der Waals surface area contributed by atoms with Crippen LogP contribution in [0.4, 0.5) is 0 Å². The maximum atomic E-state index is 12.5.